The topological polar surface area (TPSA) is 29.1 Å². The van der Waals surface area contributed by atoms with Crippen molar-refractivity contribution < 1.29 is 4.79 Å². The minimum Gasteiger partial charge on any atom is -0.356 e. The highest BCUT2D eigenvalue weighted by atomic mass is 35.5. The molecule has 2 aromatic rings. The van der Waals surface area contributed by atoms with E-state index in [0.29, 0.717) is 23.0 Å². The number of hydrogen-bond acceptors (Lipinski definition) is 1. The van der Waals surface area contributed by atoms with Crippen LogP contribution in [0.4, 0.5) is 0 Å². The lowest BCUT2D eigenvalue weighted by atomic mass is 10.1. The smallest absolute Gasteiger partial charge is 0.224 e. The van der Waals surface area contributed by atoms with Crippen molar-refractivity contribution in [2.75, 3.05) is 6.54 Å². The van der Waals surface area contributed by atoms with Gasteiger partial charge in [0.25, 0.3) is 0 Å². The molecular formula is C17H17Cl2NO. The van der Waals surface area contributed by atoms with E-state index in [9.17, 15) is 4.79 Å². The first kappa shape index (κ1) is 15.9. The molecule has 0 fully saturated rings. The van der Waals surface area contributed by atoms with Gasteiger partial charge in [0.05, 0.1) is 16.5 Å². The summed E-state index contributed by atoms with van der Waals surface area (Å²) >= 11 is 11.8. The van der Waals surface area contributed by atoms with Crippen LogP contribution >= 0.6 is 23.2 Å². The van der Waals surface area contributed by atoms with Crippen LogP contribution in [0.15, 0.2) is 48.5 Å². The zero-order valence-electron chi connectivity index (χ0n) is 11.6. The monoisotopic (exact) mass is 321 g/mol. The minimum absolute atomic E-state index is 0.00134. The standard InChI is InChI=1S/C17H17Cl2NO/c18-15-9-8-14(11-16(15)19)12-17(21)20-10-4-7-13-5-2-1-3-6-13/h1-3,5-6,8-9,11H,4,7,10,12H2,(H,20,21). The summed E-state index contributed by atoms with van der Waals surface area (Å²) in [7, 11) is 0. The van der Waals surface area contributed by atoms with Crippen LogP contribution in [0.2, 0.25) is 10.0 Å². The fourth-order valence-corrected chi connectivity index (χ4v) is 2.38. The first-order chi connectivity index (χ1) is 10.1. The van der Waals surface area contributed by atoms with E-state index in [-0.39, 0.29) is 5.91 Å². The van der Waals surface area contributed by atoms with E-state index in [0.717, 1.165) is 18.4 Å². The van der Waals surface area contributed by atoms with Crippen LogP contribution in [0.25, 0.3) is 0 Å². The van der Waals surface area contributed by atoms with E-state index in [4.69, 9.17) is 23.2 Å². The van der Waals surface area contributed by atoms with Crippen molar-refractivity contribution in [3.63, 3.8) is 0 Å². The van der Waals surface area contributed by atoms with Crippen LogP contribution in [0.1, 0.15) is 17.5 Å². The quantitative estimate of drug-likeness (QED) is 0.790. The van der Waals surface area contributed by atoms with Crippen molar-refractivity contribution in [1.29, 1.82) is 0 Å². The lowest BCUT2D eigenvalue weighted by Crippen LogP contribution is -2.26. The fourth-order valence-electron chi connectivity index (χ4n) is 2.06. The number of halogens is 2. The molecule has 0 saturated heterocycles. The van der Waals surface area contributed by atoms with Gasteiger partial charge in [-0.25, -0.2) is 0 Å². The Morgan fingerprint density at radius 3 is 2.43 bits per heavy atom. The number of carbonyl (C=O) groups is 1. The molecule has 0 aliphatic rings. The maximum Gasteiger partial charge on any atom is 0.224 e. The molecule has 0 heterocycles. The summed E-state index contributed by atoms with van der Waals surface area (Å²) in [6.45, 7) is 0.676. The van der Waals surface area contributed by atoms with Crippen LogP contribution < -0.4 is 5.32 Å². The molecule has 1 N–H and O–H groups in total. The maximum absolute atomic E-state index is 11.8. The largest absolute Gasteiger partial charge is 0.356 e. The van der Waals surface area contributed by atoms with E-state index in [1.807, 2.05) is 24.3 Å². The van der Waals surface area contributed by atoms with E-state index < -0.39 is 0 Å². The average molecular weight is 322 g/mol. The van der Waals surface area contributed by atoms with Crippen LogP contribution in [0.5, 0.6) is 0 Å². The van der Waals surface area contributed by atoms with E-state index in [1.54, 1.807) is 12.1 Å². The number of aryl methyl sites for hydroxylation is 1. The van der Waals surface area contributed by atoms with Crippen LogP contribution in [-0.4, -0.2) is 12.5 Å². The van der Waals surface area contributed by atoms with Crippen molar-refractivity contribution in [3.05, 3.63) is 69.7 Å². The van der Waals surface area contributed by atoms with Gasteiger partial charge in [-0.15, -0.1) is 0 Å². The molecule has 21 heavy (non-hydrogen) atoms. The maximum atomic E-state index is 11.8. The van der Waals surface area contributed by atoms with Crippen molar-refractivity contribution in [1.82, 2.24) is 5.32 Å². The van der Waals surface area contributed by atoms with Crippen molar-refractivity contribution in [3.8, 4) is 0 Å². The van der Waals surface area contributed by atoms with E-state index in [2.05, 4.69) is 17.4 Å². The van der Waals surface area contributed by atoms with Crippen molar-refractivity contribution in [2.45, 2.75) is 19.3 Å². The van der Waals surface area contributed by atoms with Crippen molar-refractivity contribution in [2.24, 2.45) is 0 Å². The van der Waals surface area contributed by atoms with Gasteiger partial charge >= 0.3 is 0 Å². The van der Waals surface area contributed by atoms with Gasteiger partial charge in [0.15, 0.2) is 0 Å². The summed E-state index contributed by atoms with van der Waals surface area (Å²) < 4.78 is 0. The zero-order chi connectivity index (χ0) is 15.1. The number of hydrogen-bond donors (Lipinski definition) is 1. The molecule has 110 valence electrons. The Morgan fingerprint density at radius 2 is 1.71 bits per heavy atom. The molecule has 2 nitrogen and oxygen atoms in total. The predicted octanol–water partition coefficient (Wildman–Crippen LogP) is 4.28. The molecule has 0 radical (unpaired) electrons. The second-order valence-electron chi connectivity index (χ2n) is 4.86. The summed E-state index contributed by atoms with van der Waals surface area (Å²) in [6.07, 6.45) is 2.22. The Balaban J connectivity index is 1.71. The molecule has 1 amide bonds. The third-order valence-corrected chi connectivity index (χ3v) is 3.89. The number of carbonyl (C=O) groups excluding carboxylic acids is 1. The molecule has 0 saturated carbocycles. The van der Waals surface area contributed by atoms with E-state index in [1.165, 1.54) is 5.56 Å². The molecule has 0 aliphatic heterocycles. The van der Waals surface area contributed by atoms with Gasteiger partial charge in [0.1, 0.15) is 0 Å². The average Bonchev–Trinajstić information content (AvgIpc) is 2.49. The Bertz CT molecular complexity index is 599. The summed E-state index contributed by atoms with van der Waals surface area (Å²) in [5.41, 5.74) is 2.15. The normalized spacial score (nSPS) is 10.4. The van der Waals surface area contributed by atoms with Crippen molar-refractivity contribution >= 4 is 29.1 Å². The number of nitrogens with one attached hydrogen (secondary N) is 1. The lowest BCUT2D eigenvalue weighted by molar-refractivity contribution is -0.120. The molecule has 0 unspecified atom stereocenters. The zero-order valence-corrected chi connectivity index (χ0v) is 13.1. The molecule has 0 aromatic heterocycles. The predicted molar refractivity (Wildman–Crippen MR) is 87.9 cm³/mol. The Morgan fingerprint density at radius 1 is 0.952 bits per heavy atom. The summed E-state index contributed by atoms with van der Waals surface area (Å²) in [5, 5.41) is 3.90. The Hall–Kier alpha value is -1.51. The summed E-state index contributed by atoms with van der Waals surface area (Å²) in [4.78, 5) is 11.8. The highest BCUT2D eigenvalue weighted by molar-refractivity contribution is 6.42. The van der Waals surface area contributed by atoms with Gasteiger partial charge in [-0.3, -0.25) is 4.79 Å². The highest BCUT2D eigenvalue weighted by Crippen LogP contribution is 2.22. The van der Waals surface area contributed by atoms with Gasteiger partial charge < -0.3 is 5.32 Å². The number of amides is 1. The van der Waals surface area contributed by atoms with Crippen LogP contribution in [-0.2, 0) is 17.6 Å². The van der Waals surface area contributed by atoms with Gasteiger partial charge in [-0.1, -0.05) is 59.6 Å². The second-order valence-corrected chi connectivity index (χ2v) is 5.68. The van der Waals surface area contributed by atoms with Crippen LogP contribution in [0.3, 0.4) is 0 Å². The van der Waals surface area contributed by atoms with Gasteiger partial charge in [0.2, 0.25) is 5.91 Å². The van der Waals surface area contributed by atoms with Gasteiger partial charge in [-0.2, -0.15) is 0 Å². The summed E-state index contributed by atoms with van der Waals surface area (Å²) in [5.74, 6) is 0.00134. The molecule has 0 spiro atoms. The Kier molecular flexibility index (Phi) is 6.09. The van der Waals surface area contributed by atoms with E-state index >= 15 is 0 Å². The molecule has 0 atom stereocenters. The third kappa shape index (κ3) is 5.41. The molecular weight excluding hydrogens is 305 g/mol. The summed E-state index contributed by atoms with van der Waals surface area (Å²) in [6, 6.07) is 15.5. The second kappa shape index (κ2) is 8.06. The molecule has 4 heteroatoms. The fraction of sp³-hybridized carbons (Fsp3) is 0.235. The first-order valence-corrected chi connectivity index (χ1v) is 7.65. The molecule has 2 aromatic carbocycles. The minimum atomic E-state index is 0.00134. The third-order valence-electron chi connectivity index (χ3n) is 3.16. The number of rotatable bonds is 6. The highest BCUT2D eigenvalue weighted by Gasteiger charge is 2.05. The lowest BCUT2D eigenvalue weighted by Gasteiger charge is -2.06. The van der Waals surface area contributed by atoms with Crippen LogP contribution in [0, 0.1) is 0 Å². The van der Waals surface area contributed by atoms with Gasteiger partial charge in [-0.05, 0) is 36.1 Å². The molecule has 2 rings (SSSR count). The Labute approximate surface area is 135 Å². The number of benzene rings is 2. The van der Waals surface area contributed by atoms with Gasteiger partial charge in [0, 0.05) is 6.54 Å². The molecule has 0 aliphatic carbocycles. The SMILES string of the molecule is O=C(Cc1ccc(Cl)c(Cl)c1)NCCCc1ccccc1. The first-order valence-electron chi connectivity index (χ1n) is 6.90. The molecule has 0 bridgehead atoms.